The molecule has 1 aromatic carbocycles. The summed E-state index contributed by atoms with van der Waals surface area (Å²) < 4.78 is 1.23. The van der Waals surface area contributed by atoms with Crippen LogP contribution in [-0.4, -0.2) is 26.1 Å². The van der Waals surface area contributed by atoms with E-state index in [9.17, 15) is 10.1 Å². The van der Waals surface area contributed by atoms with Gasteiger partial charge in [-0.15, -0.1) is 0 Å². The summed E-state index contributed by atoms with van der Waals surface area (Å²) in [5, 5.41) is 18.3. The van der Waals surface area contributed by atoms with Gasteiger partial charge in [-0.1, -0.05) is 33.9 Å². The van der Waals surface area contributed by atoms with Crippen LogP contribution in [0.4, 0.5) is 11.6 Å². The maximum atomic E-state index is 10.9. The lowest BCUT2D eigenvalue weighted by Crippen LogP contribution is -2.09. The molecule has 22 heavy (non-hydrogen) atoms. The monoisotopic (exact) mass is 297 g/mol. The fourth-order valence-electron chi connectivity index (χ4n) is 2.30. The molecule has 0 aliphatic rings. The Kier molecular flexibility index (Phi) is 3.69. The molecule has 2 heterocycles. The van der Waals surface area contributed by atoms with E-state index >= 15 is 0 Å². The van der Waals surface area contributed by atoms with Gasteiger partial charge in [0.25, 0.3) is 0 Å². The van der Waals surface area contributed by atoms with E-state index in [1.807, 2.05) is 12.1 Å². The van der Waals surface area contributed by atoms with Gasteiger partial charge in [-0.2, -0.15) is 0 Å². The molecule has 0 atom stereocenters. The van der Waals surface area contributed by atoms with Crippen LogP contribution in [-0.2, 0) is 6.42 Å². The average molecular weight is 297 g/mol. The Labute approximate surface area is 126 Å². The minimum absolute atomic E-state index is 0.141. The molecular formula is C15H15N5O2. The zero-order chi connectivity index (χ0) is 15.5. The van der Waals surface area contributed by atoms with Gasteiger partial charge in [-0.3, -0.25) is 0 Å². The smallest absolute Gasteiger partial charge is 0.367 e. The molecule has 1 N–H and O–H groups in total. The van der Waals surface area contributed by atoms with E-state index < -0.39 is 4.92 Å². The normalized spacial score (nSPS) is 10.8. The Morgan fingerprint density at radius 2 is 2.09 bits per heavy atom. The molecule has 0 saturated heterocycles. The van der Waals surface area contributed by atoms with Gasteiger partial charge < -0.3 is 15.4 Å². The number of rotatable bonds is 5. The Morgan fingerprint density at radius 1 is 1.27 bits per heavy atom. The fourth-order valence-corrected chi connectivity index (χ4v) is 2.30. The third kappa shape index (κ3) is 2.73. The van der Waals surface area contributed by atoms with Gasteiger partial charge >= 0.3 is 5.82 Å². The maximum Gasteiger partial charge on any atom is 0.368 e. The highest BCUT2D eigenvalue weighted by Crippen LogP contribution is 2.15. The summed E-state index contributed by atoms with van der Waals surface area (Å²) in [6, 6.07) is 11.7. The summed E-state index contributed by atoms with van der Waals surface area (Å²) in [5.74, 6) is 0.444. The summed E-state index contributed by atoms with van der Waals surface area (Å²) in [6.45, 7) is 2.78. The van der Waals surface area contributed by atoms with Crippen molar-refractivity contribution in [3.63, 3.8) is 0 Å². The van der Waals surface area contributed by atoms with Crippen LogP contribution in [0.1, 0.15) is 11.1 Å². The van der Waals surface area contributed by atoms with Crippen molar-refractivity contribution in [2.24, 2.45) is 0 Å². The zero-order valence-electron chi connectivity index (χ0n) is 12.1. The average Bonchev–Trinajstić information content (AvgIpc) is 2.92. The minimum Gasteiger partial charge on any atom is -0.367 e. The lowest BCUT2D eigenvalue weighted by molar-refractivity contribution is -0.391. The molecule has 3 aromatic rings. The van der Waals surface area contributed by atoms with E-state index in [2.05, 4.69) is 34.5 Å². The first-order valence-electron chi connectivity index (χ1n) is 6.93. The molecule has 112 valence electrons. The van der Waals surface area contributed by atoms with Crippen molar-refractivity contribution in [1.29, 1.82) is 0 Å². The number of nitrogens with zero attached hydrogens (tertiary/aromatic N) is 4. The van der Waals surface area contributed by atoms with Crippen molar-refractivity contribution < 1.29 is 4.92 Å². The van der Waals surface area contributed by atoms with Gasteiger partial charge in [0.2, 0.25) is 5.65 Å². The molecule has 7 heteroatoms. The quantitative estimate of drug-likeness (QED) is 0.578. The van der Waals surface area contributed by atoms with E-state index in [4.69, 9.17) is 0 Å². The van der Waals surface area contributed by atoms with Crippen molar-refractivity contribution in [1.82, 2.24) is 14.6 Å². The molecule has 0 aliphatic heterocycles. The van der Waals surface area contributed by atoms with Gasteiger partial charge in [0.1, 0.15) is 6.20 Å². The number of imidazole rings is 1. The van der Waals surface area contributed by atoms with Crippen LogP contribution in [0.5, 0.6) is 0 Å². The second kappa shape index (κ2) is 5.80. The molecule has 0 fully saturated rings. The predicted molar refractivity (Wildman–Crippen MR) is 83.0 cm³/mol. The molecule has 0 aliphatic carbocycles. The van der Waals surface area contributed by atoms with Gasteiger partial charge in [-0.05, 0) is 35.5 Å². The van der Waals surface area contributed by atoms with E-state index in [1.165, 1.54) is 21.8 Å². The molecule has 0 unspecified atom stereocenters. The van der Waals surface area contributed by atoms with E-state index in [0.29, 0.717) is 18.0 Å². The first-order chi connectivity index (χ1) is 10.6. The Balaban J connectivity index is 1.73. The van der Waals surface area contributed by atoms with Crippen LogP contribution in [0.15, 0.2) is 42.6 Å². The first-order valence-corrected chi connectivity index (χ1v) is 6.93. The molecule has 0 saturated carbocycles. The Bertz CT molecular complexity index is 828. The van der Waals surface area contributed by atoms with E-state index in [-0.39, 0.29) is 5.82 Å². The SMILES string of the molecule is Cc1ccccc1CCNc1ccc2ncc([N+](=O)[O-])n2n1. The van der Waals surface area contributed by atoms with Gasteiger partial charge in [0.15, 0.2) is 5.82 Å². The van der Waals surface area contributed by atoms with Crippen LogP contribution < -0.4 is 5.32 Å². The molecular weight excluding hydrogens is 282 g/mol. The third-order valence-electron chi connectivity index (χ3n) is 3.49. The molecule has 0 amide bonds. The van der Waals surface area contributed by atoms with Crippen molar-refractivity contribution in [2.45, 2.75) is 13.3 Å². The lowest BCUT2D eigenvalue weighted by atomic mass is 10.1. The number of hydrogen-bond acceptors (Lipinski definition) is 5. The van der Waals surface area contributed by atoms with Gasteiger partial charge in [-0.25, -0.2) is 4.98 Å². The Morgan fingerprint density at radius 3 is 2.86 bits per heavy atom. The van der Waals surface area contributed by atoms with Crippen LogP contribution in [0.25, 0.3) is 5.65 Å². The van der Waals surface area contributed by atoms with Crippen LogP contribution in [0.2, 0.25) is 0 Å². The largest absolute Gasteiger partial charge is 0.368 e. The van der Waals surface area contributed by atoms with Crippen molar-refractivity contribution in [3.8, 4) is 0 Å². The van der Waals surface area contributed by atoms with Crippen LogP contribution in [0, 0.1) is 17.0 Å². The summed E-state index contributed by atoms with van der Waals surface area (Å²) in [6.07, 6.45) is 2.07. The minimum atomic E-state index is -0.496. The predicted octanol–water partition coefficient (Wildman–Crippen LogP) is 2.60. The number of aromatic nitrogens is 3. The molecule has 0 bridgehead atoms. The highest BCUT2D eigenvalue weighted by Gasteiger charge is 2.15. The maximum absolute atomic E-state index is 10.9. The van der Waals surface area contributed by atoms with E-state index in [0.717, 1.165) is 6.42 Å². The number of anilines is 1. The second-order valence-corrected chi connectivity index (χ2v) is 4.97. The number of aryl methyl sites for hydroxylation is 1. The Hall–Kier alpha value is -2.96. The summed E-state index contributed by atoms with van der Waals surface area (Å²) in [5.41, 5.74) is 2.97. The fraction of sp³-hybridized carbons (Fsp3) is 0.200. The summed E-state index contributed by atoms with van der Waals surface area (Å²) in [7, 11) is 0. The number of fused-ring (bicyclic) bond motifs is 1. The van der Waals surface area contributed by atoms with Crippen molar-refractivity contribution >= 4 is 17.3 Å². The van der Waals surface area contributed by atoms with Crippen LogP contribution in [0.3, 0.4) is 0 Å². The number of benzene rings is 1. The van der Waals surface area contributed by atoms with Crippen molar-refractivity contribution in [2.75, 3.05) is 11.9 Å². The molecule has 0 radical (unpaired) electrons. The van der Waals surface area contributed by atoms with Gasteiger partial charge in [0, 0.05) is 12.6 Å². The summed E-state index contributed by atoms with van der Waals surface area (Å²) in [4.78, 5) is 14.4. The molecule has 2 aromatic heterocycles. The van der Waals surface area contributed by atoms with Crippen molar-refractivity contribution in [3.05, 3.63) is 63.8 Å². The standard InChI is InChI=1S/C15H15N5O2/c1-11-4-2-3-5-12(11)8-9-16-13-6-7-14-17-10-15(20(21)22)19(14)18-13/h2-7,10H,8-9H2,1H3,(H,16,18). The van der Waals surface area contributed by atoms with E-state index in [1.54, 1.807) is 12.1 Å². The summed E-state index contributed by atoms with van der Waals surface area (Å²) >= 11 is 0. The topological polar surface area (TPSA) is 85.4 Å². The highest BCUT2D eigenvalue weighted by molar-refractivity contribution is 5.48. The number of nitrogens with one attached hydrogen (secondary N) is 1. The second-order valence-electron chi connectivity index (χ2n) is 4.97. The third-order valence-corrected chi connectivity index (χ3v) is 3.49. The molecule has 7 nitrogen and oxygen atoms in total. The molecule has 0 spiro atoms. The molecule has 3 rings (SSSR count). The highest BCUT2D eigenvalue weighted by atomic mass is 16.6. The van der Waals surface area contributed by atoms with Crippen LogP contribution >= 0.6 is 0 Å². The van der Waals surface area contributed by atoms with Gasteiger partial charge in [0.05, 0.1) is 0 Å². The number of hydrogen-bond donors (Lipinski definition) is 1. The first kappa shape index (κ1) is 14.0. The lowest BCUT2D eigenvalue weighted by Gasteiger charge is -2.07. The number of nitro groups is 1. The zero-order valence-corrected chi connectivity index (χ0v) is 12.1.